The van der Waals surface area contributed by atoms with Crippen molar-refractivity contribution in [2.24, 2.45) is 11.3 Å². The first-order chi connectivity index (χ1) is 10.1. The van der Waals surface area contributed by atoms with Crippen LogP contribution >= 0.6 is 0 Å². The molecule has 2 nitrogen and oxygen atoms in total. The molecule has 1 unspecified atom stereocenters. The Morgan fingerprint density at radius 1 is 1.18 bits per heavy atom. The summed E-state index contributed by atoms with van der Waals surface area (Å²) >= 11 is 0. The van der Waals surface area contributed by atoms with Gasteiger partial charge in [-0.05, 0) is 63.0 Å². The van der Waals surface area contributed by atoms with Crippen molar-refractivity contribution in [1.82, 2.24) is 0 Å². The van der Waals surface area contributed by atoms with Gasteiger partial charge in [-0.1, -0.05) is 46.1 Å². The highest BCUT2D eigenvalue weighted by Crippen LogP contribution is 2.26. The molecule has 0 aliphatic carbocycles. The third-order valence-electron chi connectivity index (χ3n) is 4.13. The number of rotatable bonds is 8. The lowest BCUT2D eigenvalue weighted by atomic mass is 9.86. The largest absolute Gasteiger partial charge is 0.463 e. The lowest BCUT2D eigenvalue weighted by Gasteiger charge is -2.20. The van der Waals surface area contributed by atoms with E-state index >= 15 is 0 Å². The smallest absolute Gasteiger partial charge is 0.331 e. The Bertz CT molecular complexity index is 408. The van der Waals surface area contributed by atoms with Crippen LogP contribution in [-0.4, -0.2) is 12.6 Å². The summed E-state index contributed by atoms with van der Waals surface area (Å²) < 4.78 is 4.97. The molecule has 0 fully saturated rings. The Hall–Kier alpha value is -1.05. The fourth-order valence-electron chi connectivity index (χ4n) is 2.56. The lowest BCUT2D eigenvalue weighted by molar-refractivity contribution is -0.137. The molecule has 0 amide bonds. The molecule has 0 saturated carbocycles. The van der Waals surface area contributed by atoms with Crippen LogP contribution in [0.4, 0.5) is 0 Å². The number of carbonyl (C=O) groups excluding carboxylic acids is 1. The van der Waals surface area contributed by atoms with Gasteiger partial charge in [0.15, 0.2) is 0 Å². The molecule has 0 radical (unpaired) electrons. The maximum Gasteiger partial charge on any atom is 0.331 e. The highest BCUT2D eigenvalue weighted by Gasteiger charge is 2.12. The predicted octanol–water partition coefficient (Wildman–Crippen LogP) is 6.07. The minimum Gasteiger partial charge on any atom is -0.463 e. The van der Waals surface area contributed by atoms with Gasteiger partial charge in [0.25, 0.3) is 0 Å². The monoisotopic (exact) mass is 308 g/mol. The second kappa shape index (κ2) is 9.86. The van der Waals surface area contributed by atoms with Crippen molar-refractivity contribution in [3.8, 4) is 0 Å². The van der Waals surface area contributed by atoms with Gasteiger partial charge in [-0.25, -0.2) is 4.79 Å². The number of carbonyl (C=O) groups is 1. The van der Waals surface area contributed by atoms with Crippen molar-refractivity contribution < 1.29 is 9.53 Å². The van der Waals surface area contributed by atoms with Gasteiger partial charge in [-0.3, -0.25) is 0 Å². The van der Waals surface area contributed by atoms with Crippen LogP contribution in [0.2, 0.25) is 0 Å². The third kappa shape index (κ3) is 9.81. The number of ether oxygens (including phenoxy) is 1. The SMILES string of the molecule is CCOC(=O)/C=C(C)/C(C)=C(\C)CC(C)CCCC(C)(C)C. The van der Waals surface area contributed by atoms with Crippen LogP contribution in [0.1, 0.15) is 81.1 Å². The zero-order valence-corrected chi connectivity index (χ0v) is 16.0. The summed E-state index contributed by atoms with van der Waals surface area (Å²) in [5, 5.41) is 0. The maximum atomic E-state index is 11.5. The zero-order chi connectivity index (χ0) is 17.3. The van der Waals surface area contributed by atoms with Crippen LogP contribution in [0, 0.1) is 11.3 Å². The highest BCUT2D eigenvalue weighted by atomic mass is 16.5. The summed E-state index contributed by atoms with van der Waals surface area (Å²) in [6, 6.07) is 0. The quantitative estimate of drug-likeness (QED) is 0.309. The predicted molar refractivity (Wildman–Crippen MR) is 95.9 cm³/mol. The summed E-state index contributed by atoms with van der Waals surface area (Å²) in [5.41, 5.74) is 4.04. The Kier molecular flexibility index (Phi) is 9.39. The van der Waals surface area contributed by atoms with Crippen LogP contribution in [0.3, 0.4) is 0 Å². The van der Waals surface area contributed by atoms with E-state index < -0.39 is 0 Å². The molecule has 0 N–H and O–H groups in total. The lowest BCUT2D eigenvalue weighted by Crippen LogP contribution is -2.06. The third-order valence-corrected chi connectivity index (χ3v) is 4.13. The van der Waals surface area contributed by atoms with Gasteiger partial charge < -0.3 is 4.74 Å². The van der Waals surface area contributed by atoms with E-state index in [9.17, 15) is 4.79 Å². The van der Waals surface area contributed by atoms with E-state index in [4.69, 9.17) is 4.74 Å². The van der Waals surface area contributed by atoms with Crippen molar-refractivity contribution in [2.75, 3.05) is 6.61 Å². The number of esters is 1. The summed E-state index contributed by atoms with van der Waals surface area (Å²) in [4.78, 5) is 11.5. The van der Waals surface area contributed by atoms with Gasteiger partial charge in [0.05, 0.1) is 6.61 Å². The van der Waals surface area contributed by atoms with E-state index in [1.165, 1.54) is 30.4 Å². The molecule has 0 aromatic heterocycles. The molecule has 0 rings (SSSR count). The molecule has 0 aliphatic heterocycles. The Morgan fingerprint density at radius 2 is 1.77 bits per heavy atom. The average molecular weight is 309 g/mol. The van der Waals surface area contributed by atoms with E-state index in [1.54, 1.807) is 6.08 Å². The van der Waals surface area contributed by atoms with Gasteiger partial charge in [-0.2, -0.15) is 0 Å². The fraction of sp³-hybridized carbons (Fsp3) is 0.750. The van der Waals surface area contributed by atoms with Gasteiger partial charge >= 0.3 is 5.97 Å². The summed E-state index contributed by atoms with van der Waals surface area (Å²) in [6.07, 6.45) is 6.54. The van der Waals surface area contributed by atoms with Crippen molar-refractivity contribution in [2.45, 2.75) is 81.1 Å². The number of allylic oxidation sites excluding steroid dienone is 3. The molecule has 0 saturated heterocycles. The van der Waals surface area contributed by atoms with Crippen LogP contribution in [-0.2, 0) is 9.53 Å². The minimum absolute atomic E-state index is 0.245. The first-order valence-electron chi connectivity index (χ1n) is 8.58. The Morgan fingerprint density at radius 3 is 2.27 bits per heavy atom. The highest BCUT2D eigenvalue weighted by molar-refractivity contribution is 5.83. The second-order valence-electron chi connectivity index (χ2n) is 7.75. The van der Waals surface area contributed by atoms with Crippen LogP contribution in [0.15, 0.2) is 22.8 Å². The Labute approximate surface area is 138 Å². The first-order valence-corrected chi connectivity index (χ1v) is 8.58. The van der Waals surface area contributed by atoms with E-state index in [0.717, 1.165) is 12.0 Å². The van der Waals surface area contributed by atoms with Crippen LogP contribution < -0.4 is 0 Å². The van der Waals surface area contributed by atoms with E-state index in [2.05, 4.69) is 41.5 Å². The molecule has 0 aromatic carbocycles. The van der Waals surface area contributed by atoms with Gasteiger partial charge in [0.2, 0.25) is 0 Å². The van der Waals surface area contributed by atoms with Crippen molar-refractivity contribution >= 4 is 5.97 Å². The molecule has 128 valence electrons. The van der Waals surface area contributed by atoms with Gasteiger partial charge in [0, 0.05) is 6.08 Å². The van der Waals surface area contributed by atoms with Gasteiger partial charge in [0.1, 0.15) is 0 Å². The minimum atomic E-state index is -0.245. The van der Waals surface area contributed by atoms with Crippen LogP contribution in [0.5, 0.6) is 0 Å². The molecule has 0 bridgehead atoms. The summed E-state index contributed by atoms with van der Waals surface area (Å²) in [6.45, 7) is 17.7. The second-order valence-corrected chi connectivity index (χ2v) is 7.75. The topological polar surface area (TPSA) is 26.3 Å². The van der Waals surface area contributed by atoms with E-state index in [-0.39, 0.29) is 5.97 Å². The van der Waals surface area contributed by atoms with Crippen LogP contribution in [0.25, 0.3) is 0 Å². The molecule has 1 atom stereocenters. The van der Waals surface area contributed by atoms with Crippen molar-refractivity contribution in [3.63, 3.8) is 0 Å². The van der Waals surface area contributed by atoms with E-state index in [1.807, 2.05) is 13.8 Å². The molecule has 22 heavy (non-hydrogen) atoms. The molecule has 0 aliphatic rings. The normalized spacial score (nSPS) is 15.4. The standard InChI is InChI=1S/C20H36O2/c1-9-22-19(21)14-17(4)18(5)16(3)13-15(2)11-10-12-20(6,7)8/h14-15H,9-13H2,1-8H3/b17-14+,18-16+. The fourth-order valence-corrected chi connectivity index (χ4v) is 2.56. The molecule has 2 heteroatoms. The number of hydrogen-bond donors (Lipinski definition) is 0. The van der Waals surface area contributed by atoms with Crippen molar-refractivity contribution in [3.05, 3.63) is 22.8 Å². The summed E-state index contributed by atoms with van der Waals surface area (Å²) in [5.74, 6) is 0.443. The molecule has 0 spiro atoms. The molecular weight excluding hydrogens is 272 g/mol. The molecule has 0 heterocycles. The van der Waals surface area contributed by atoms with Gasteiger partial charge in [-0.15, -0.1) is 0 Å². The van der Waals surface area contributed by atoms with Crippen molar-refractivity contribution in [1.29, 1.82) is 0 Å². The molecular formula is C20H36O2. The number of hydrogen-bond acceptors (Lipinski definition) is 2. The molecule has 0 aromatic rings. The first kappa shape index (κ1) is 20.9. The average Bonchev–Trinajstić information content (AvgIpc) is 2.36. The zero-order valence-electron chi connectivity index (χ0n) is 16.0. The summed E-state index contributed by atoms with van der Waals surface area (Å²) in [7, 11) is 0. The Balaban J connectivity index is 4.53. The van der Waals surface area contributed by atoms with E-state index in [0.29, 0.717) is 17.9 Å². The maximum absolute atomic E-state index is 11.5.